The Hall–Kier alpha value is -3.61. The van der Waals surface area contributed by atoms with E-state index in [0.717, 1.165) is 6.33 Å². The van der Waals surface area contributed by atoms with Gasteiger partial charge in [0.15, 0.2) is 53.2 Å². The van der Waals surface area contributed by atoms with E-state index in [2.05, 4.69) is 29.9 Å². The second kappa shape index (κ2) is 10.6. The lowest BCUT2D eigenvalue weighted by atomic mass is 10.1. The summed E-state index contributed by atoms with van der Waals surface area (Å²) in [6.07, 6.45) is -5.04. The summed E-state index contributed by atoms with van der Waals surface area (Å²) in [6.45, 7) is -0.771. The van der Waals surface area contributed by atoms with Crippen molar-refractivity contribution in [3.05, 3.63) is 39.7 Å². The summed E-state index contributed by atoms with van der Waals surface area (Å²) in [5.41, 5.74) is 4.66. The van der Waals surface area contributed by atoms with Crippen LogP contribution in [0.4, 0.5) is 10.3 Å². The fourth-order valence-electron chi connectivity index (χ4n) is 5.07. The fraction of sp³-hybridized carbons (Fsp3) is 0.500. The summed E-state index contributed by atoms with van der Waals surface area (Å²) in [5.74, 6) is -0.155. The molecule has 4 N–H and O–H groups in total. The molecule has 7 rings (SSSR count). The van der Waals surface area contributed by atoms with Crippen LogP contribution in [0.1, 0.15) is 18.9 Å². The van der Waals surface area contributed by atoms with Crippen molar-refractivity contribution in [3.8, 4) is 0 Å². The summed E-state index contributed by atoms with van der Waals surface area (Å²) in [7, 11) is -5.73. The highest BCUT2D eigenvalue weighted by Crippen LogP contribution is 2.44. The predicted octanol–water partition coefficient (Wildman–Crippen LogP) is 0.490. The van der Waals surface area contributed by atoms with Crippen LogP contribution in [0.5, 0.6) is 0 Å². The standard InChI is InChI=1S/C20H18FN9O10P2/c21-10-13-9(38-19(10)29-5-25-11-14(29)23-4-24-16(11)31)3-36-41(33)39-8-1-7(2-35-42(34)40-13)37-18(8)30-6-26-12-15(30)27-20(22)28-17(12)32/h4-10,13,18-19H,1-3H2,(H2-2,22,23,24,27,28,31,32)/p+2/t7-,8+,9+,10-,13+,18+,19+/m0/s1. The smallest absolute Gasteiger partial charge is 0.369 e. The Kier molecular flexibility index (Phi) is 6.87. The van der Waals surface area contributed by atoms with Crippen LogP contribution in [0.2, 0.25) is 0 Å². The number of aromatic nitrogens is 8. The van der Waals surface area contributed by atoms with Gasteiger partial charge in [-0.3, -0.25) is 23.7 Å². The molecule has 4 aromatic rings. The molecule has 3 saturated heterocycles. The van der Waals surface area contributed by atoms with Crippen molar-refractivity contribution < 1.29 is 41.1 Å². The zero-order valence-corrected chi connectivity index (χ0v) is 22.8. The number of hydrogen-bond donors (Lipinski definition) is 3. The second-order valence-corrected chi connectivity index (χ2v) is 11.3. The van der Waals surface area contributed by atoms with Crippen LogP contribution < -0.4 is 16.9 Å². The highest BCUT2D eigenvalue weighted by molar-refractivity contribution is 7.33. The van der Waals surface area contributed by atoms with Crippen LogP contribution in [0.25, 0.3) is 22.3 Å². The summed E-state index contributed by atoms with van der Waals surface area (Å²) in [4.78, 5) is 45.1. The summed E-state index contributed by atoms with van der Waals surface area (Å²) < 4.78 is 77.6. The van der Waals surface area contributed by atoms with Crippen LogP contribution in [0.15, 0.2) is 28.6 Å². The molecular formula is C20H20FN9O10P2+2. The summed E-state index contributed by atoms with van der Waals surface area (Å²) in [5, 5.41) is 0. The Labute approximate surface area is 233 Å². The number of aromatic amines is 2. The lowest BCUT2D eigenvalue weighted by molar-refractivity contribution is -0.0550. The van der Waals surface area contributed by atoms with E-state index in [4.69, 9.17) is 33.3 Å². The first-order chi connectivity index (χ1) is 20.3. The van der Waals surface area contributed by atoms with Crippen molar-refractivity contribution in [3.63, 3.8) is 0 Å². The molecule has 3 fully saturated rings. The van der Waals surface area contributed by atoms with Gasteiger partial charge in [-0.05, 0) is 0 Å². The molecule has 3 aliphatic heterocycles. The Morgan fingerprint density at radius 2 is 1.62 bits per heavy atom. The minimum atomic E-state index is -2.90. The first kappa shape index (κ1) is 27.2. The first-order valence-electron chi connectivity index (χ1n) is 12.4. The number of anilines is 1. The van der Waals surface area contributed by atoms with Crippen molar-refractivity contribution in [2.75, 3.05) is 18.9 Å². The number of alkyl halides is 1. The molecule has 7 heterocycles. The van der Waals surface area contributed by atoms with Crippen molar-refractivity contribution in [1.29, 1.82) is 0 Å². The van der Waals surface area contributed by atoms with Crippen LogP contribution in [0.3, 0.4) is 0 Å². The molecule has 9 atom stereocenters. The van der Waals surface area contributed by atoms with Gasteiger partial charge in [-0.1, -0.05) is 0 Å². The third-order valence-electron chi connectivity index (χ3n) is 6.92. The van der Waals surface area contributed by atoms with E-state index >= 15 is 4.39 Å². The molecule has 3 aliphatic rings. The van der Waals surface area contributed by atoms with Crippen molar-refractivity contribution in [2.45, 2.75) is 49.5 Å². The normalized spacial score (nSPS) is 32.5. The lowest BCUT2D eigenvalue weighted by Crippen LogP contribution is -2.33. The van der Waals surface area contributed by atoms with Gasteiger partial charge in [0.2, 0.25) is 5.95 Å². The number of ether oxygens (including phenoxy) is 2. The first-order valence-corrected chi connectivity index (χ1v) is 14.6. The number of hydrogen-bond acceptors (Lipinski definition) is 15. The minimum Gasteiger partial charge on any atom is -0.369 e. The Morgan fingerprint density at radius 1 is 0.905 bits per heavy atom. The molecule has 2 unspecified atom stereocenters. The number of fused-ring (bicyclic) bond motifs is 5. The number of imidazole rings is 2. The molecule has 2 bridgehead atoms. The van der Waals surface area contributed by atoms with Gasteiger partial charge in [0.05, 0.1) is 25.1 Å². The van der Waals surface area contributed by atoms with Crippen LogP contribution in [0, 0.1) is 0 Å². The van der Waals surface area contributed by atoms with Gasteiger partial charge < -0.3 is 20.2 Å². The highest BCUT2D eigenvalue weighted by atomic mass is 31.1. The third kappa shape index (κ3) is 4.71. The van der Waals surface area contributed by atoms with E-state index in [1.165, 1.54) is 21.8 Å². The molecule has 0 aromatic carbocycles. The Balaban J connectivity index is 1.14. The molecule has 0 aliphatic carbocycles. The Morgan fingerprint density at radius 3 is 2.43 bits per heavy atom. The van der Waals surface area contributed by atoms with E-state index in [1.807, 2.05) is 0 Å². The van der Waals surface area contributed by atoms with E-state index in [1.54, 1.807) is 0 Å². The largest absolute Gasteiger partial charge is 0.697 e. The number of nitrogens with zero attached hydrogens (tertiary/aromatic N) is 6. The van der Waals surface area contributed by atoms with Gasteiger partial charge in [-0.25, -0.2) is 19.3 Å². The molecule has 0 radical (unpaired) electrons. The average molecular weight is 627 g/mol. The highest BCUT2D eigenvalue weighted by Gasteiger charge is 2.54. The molecule has 22 heteroatoms. The van der Waals surface area contributed by atoms with Crippen molar-refractivity contribution >= 4 is 44.8 Å². The number of nitrogens with two attached hydrogens (primary N) is 1. The molecule has 0 amide bonds. The predicted molar refractivity (Wildman–Crippen MR) is 135 cm³/mol. The quantitative estimate of drug-likeness (QED) is 0.256. The summed E-state index contributed by atoms with van der Waals surface area (Å²) in [6, 6.07) is 0. The molecule has 0 spiro atoms. The number of halogens is 1. The van der Waals surface area contributed by atoms with Crippen LogP contribution >= 0.6 is 16.5 Å². The van der Waals surface area contributed by atoms with E-state index in [9.17, 15) is 18.7 Å². The molecule has 42 heavy (non-hydrogen) atoms. The zero-order valence-electron chi connectivity index (χ0n) is 21.0. The molecule has 0 saturated carbocycles. The monoisotopic (exact) mass is 627 g/mol. The maximum atomic E-state index is 15.7. The molecule has 220 valence electrons. The lowest BCUT2D eigenvalue weighted by Gasteiger charge is -2.17. The van der Waals surface area contributed by atoms with Crippen molar-refractivity contribution in [1.82, 2.24) is 39.0 Å². The van der Waals surface area contributed by atoms with Gasteiger partial charge in [0.1, 0.15) is 19.3 Å². The minimum absolute atomic E-state index is 0.0111. The van der Waals surface area contributed by atoms with Crippen LogP contribution in [-0.4, -0.2) is 82.8 Å². The van der Waals surface area contributed by atoms with Gasteiger partial charge in [0, 0.05) is 15.6 Å². The molecular weight excluding hydrogens is 607 g/mol. The number of H-pyrrole nitrogens is 2. The second-order valence-electron chi connectivity index (χ2n) is 9.48. The zero-order chi connectivity index (χ0) is 29.1. The molecule has 19 nitrogen and oxygen atoms in total. The maximum absolute atomic E-state index is 15.7. The van der Waals surface area contributed by atoms with Crippen LogP contribution in [-0.2, 0) is 36.7 Å². The van der Waals surface area contributed by atoms with Crippen molar-refractivity contribution in [2.24, 2.45) is 0 Å². The van der Waals surface area contributed by atoms with E-state index in [-0.39, 0.29) is 41.3 Å². The average Bonchev–Trinajstić information content (AvgIpc) is 3.72. The van der Waals surface area contributed by atoms with Gasteiger partial charge in [-0.15, -0.1) is 18.1 Å². The maximum Gasteiger partial charge on any atom is 0.697 e. The third-order valence-corrected chi connectivity index (χ3v) is 8.49. The van der Waals surface area contributed by atoms with Gasteiger partial charge in [0.25, 0.3) is 11.1 Å². The van der Waals surface area contributed by atoms with Gasteiger partial charge in [-0.2, -0.15) is 4.98 Å². The van der Waals surface area contributed by atoms with E-state index < -0.39 is 77.3 Å². The number of nitrogens with one attached hydrogen (secondary N) is 2. The molecule has 4 aromatic heterocycles. The fourth-order valence-corrected chi connectivity index (χ4v) is 6.61. The summed E-state index contributed by atoms with van der Waals surface area (Å²) >= 11 is 0. The topological polar surface area (TPSA) is 243 Å². The Bertz CT molecular complexity index is 1830. The van der Waals surface area contributed by atoms with E-state index in [0.29, 0.717) is 0 Å². The number of nitrogen functional groups attached to an aromatic ring is 1. The van der Waals surface area contributed by atoms with Gasteiger partial charge >= 0.3 is 16.5 Å². The SMILES string of the molecule is Nc1nc2c(ncn2[C@@H]2O[C@@H]3CO[P+](=O)O[C@H]4[C@H](F)[C@H](n5cnc6c(=O)[nH]cnc65)O[C@@H]4CO[P+](=O)O[C@@H]2C3)c(=O)[nH]1. The number of rotatable bonds is 2.